The summed E-state index contributed by atoms with van der Waals surface area (Å²) in [6.07, 6.45) is 4.76. The molecule has 1 aromatic heterocycles. The fourth-order valence-electron chi connectivity index (χ4n) is 1.82. The van der Waals surface area contributed by atoms with Crippen LogP contribution in [0.3, 0.4) is 0 Å². The van der Waals surface area contributed by atoms with E-state index in [2.05, 4.69) is 5.32 Å². The Bertz CT molecular complexity index is 330. The number of thiophene rings is 1. The van der Waals surface area contributed by atoms with E-state index in [4.69, 9.17) is 0 Å². The van der Waals surface area contributed by atoms with Gasteiger partial charge >= 0.3 is 0 Å². The van der Waals surface area contributed by atoms with Gasteiger partial charge < -0.3 is 5.32 Å². The molecule has 0 saturated carbocycles. The third kappa shape index (κ3) is 1.48. The van der Waals surface area contributed by atoms with Crippen LogP contribution in [0.5, 0.6) is 0 Å². The molecule has 1 amide bonds. The number of amides is 1. The van der Waals surface area contributed by atoms with E-state index >= 15 is 0 Å². The molecule has 2 nitrogen and oxygen atoms in total. The highest BCUT2D eigenvalue weighted by Crippen LogP contribution is 2.29. The minimum Gasteiger partial charge on any atom is -0.355 e. The van der Waals surface area contributed by atoms with Crippen molar-refractivity contribution in [3.8, 4) is 0 Å². The molecule has 0 aliphatic heterocycles. The van der Waals surface area contributed by atoms with Gasteiger partial charge in [-0.2, -0.15) is 0 Å². The van der Waals surface area contributed by atoms with Crippen LogP contribution in [-0.2, 0) is 12.8 Å². The van der Waals surface area contributed by atoms with Crippen molar-refractivity contribution >= 4 is 17.2 Å². The molecule has 2 rings (SSSR count). The second-order valence-electron chi connectivity index (χ2n) is 3.34. The summed E-state index contributed by atoms with van der Waals surface area (Å²) in [6.45, 7) is 0. The van der Waals surface area contributed by atoms with Gasteiger partial charge in [-0.3, -0.25) is 4.79 Å². The zero-order valence-electron chi connectivity index (χ0n) is 7.72. The van der Waals surface area contributed by atoms with Crippen LogP contribution in [0.2, 0.25) is 0 Å². The molecule has 0 radical (unpaired) electrons. The largest absolute Gasteiger partial charge is 0.355 e. The van der Waals surface area contributed by atoms with Crippen molar-refractivity contribution in [3.63, 3.8) is 0 Å². The van der Waals surface area contributed by atoms with E-state index in [0.29, 0.717) is 0 Å². The minimum absolute atomic E-state index is 0.0689. The van der Waals surface area contributed by atoms with Gasteiger partial charge in [0.1, 0.15) is 0 Å². The fourth-order valence-corrected chi connectivity index (χ4v) is 2.94. The lowest BCUT2D eigenvalue weighted by Crippen LogP contribution is -2.19. The first-order chi connectivity index (χ1) is 6.33. The van der Waals surface area contributed by atoms with Crippen molar-refractivity contribution in [2.75, 3.05) is 7.05 Å². The standard InChI is InChI=1S/C10H13NOS/c1-11-10(12)8-6-13-9-5-3-2-4-7(8)9/h6H,2-5H2,1H3,(H,11,12). The minimum atomic E-state index is 0.0689. The number of hydrogen-bond acceptors (Lipinski definition) is 2. The van der Waals surface area contributed by atoms with Crippen molar-refractivity contribution in [1.29, 1.82) is 0 Å². The second-order valence-corrected chi connectivity index (χ2v) is 4.30. The van der Waals surface area contributed by atoms with E-state index in [1.54, 1.807) is 18.4 Å². The first kappa shape index (κ1) is 8.75. The van der Waals surface area contributed by atoms with Gasteiger partial charge in [-0.15, -0.1) is 11.3 Å². The van der Waals surface area contributed by atoms with E-state index in [1.807, 2.05) is 5.38 Å². The Kier molecular flexibility index (Phi) is 2.36. The monoisotopic (exact) mass is 195 g/mol. The van der Waals surface area contributed by atoms with Crippen molar-refractivity contribution in [2.24, 2.45) is 0 Å². The number of carbonyl (C=O) groups is 1. The molecule has 0 aromatic carbocycles. The molecule has 70 valence electrons. The van der Waals surface area contributed by atoms with Crippen molar-refractivity contribution in [1.82, 2.24) is 5.32 Å². The molecular weight excluding hydrogens is 182 g/mol. The number of rotatable bonds is 1. The van der Waals surface area contributed by atoms with E-state index in [9.17, 15) is 4.79 Å². The SMILES string of the molecule is CNC(=O)c1csc2c1CCCC2. The third-order valence-corrected chi connectivity index (χ3v) is 3.62. The van der Waals surface area contributed by atoms with Gasteiger partial charge in [0.05, 0.1) is 5.56 Å². The molecule has 1 aromatic rings. The number of aryl methyl sites for hydroxylation is 1. The van der Waals surface area contributed by atoms with E-state index in [0.717, 1.165) is 18.4 Å². The van der Waals surface area contributed by atoms with Gasteiger partial charge in [0.25, 0.3) is 5.91 Å². The van der Waals surface area contributed by atoms with Crippen LogP contribution < -0.4 is 5.32 Å². The Labute approximate surface area is 82.0 Å². The van der Waals surface area contributed by atoms with Crippen molar-refractivity contribution in [2.45, 2.75) is 25.7 Å². The Morgan fingerprint density at radius 1 is 1.46 bits per heavy atom. The van der Waals surface area contributed by atoms with Crippen LogP contribution in [0.1, 0.15) is 33.6 Å². The predicted octanol–water partition coefficient (Wildman–Crippen LogP) is 1.99. The summed E-state index contributed by atoms with van der Waals surface area (Å²) in [7, 11) is 1.69. The Morgan fingerprint density at radius 3 is 3.00 bits per heavy atom. The van der Waals surface area contributed by atoms with E-state index in [-0.39, 0.29) is 5.91 Å². The molecule has 0 fully saturated rings. The normalized spacial score (nSPS) is 15.2. The summed E-state index contributed by atoms with van der Waals surface area (Å²) in [5.74, 6) is 0.0689. The summed E-state index contributed by atoms with van der Waals surface area (Å²) in [5.41, 5.74) is 2.21. The topological polar surface area (TPSA) is 29.1 Å². The lowest BCUT2D eigenvalue weighted by atomic mass is 9.96. The summed E-state index contributed by atoms with van der Waals surface area (Å²) in [6, 6.07) is 0. The molecule has 0 bridgehead atoms. The highest BCUT2D eigenvalue weighted by Gasteiger charge is 2.18. The van der Waals surface area contributed by atoms with Crippen molar-refractivity contribution in [3.05, 3.63) is 21.4 Å². The van der Waals surface area contributed by atoms with Crippen LogP contribution in [-0.4, -0.2) is 13.0 Å². The van der Waals surface area contributed by atoms with Crippen LogP contribution in [0.25, 0.3) is 0 Å². The molecule has 0 unspecified atom stereocenters. The first-order valence-corrected chi connectivity index (χ1v) is 5.52. The second kappa shape index (κ2) is 3.50. The summed E-state index contributed by atoms with van der Waals surface area (Å²) in [4.78, 5) is 12.9. The van der Waals surface area contributed by atoms with Gasteiger partial charge in [-0.25, -0.2) is 0 Å². The maximum Gasteiger partial charge on any atom is 0.252 e. The van der Waals surface area contributed by atoms with Gasteiger partial charge in [0.15, 0.2) is 0 Å². The predicted molar refractivity (Wildman–Crippen MR) is 54.4 cm³/mol. The van der Waals surface area contributed by atoms with Gasteiger partial charge in [-0.05, 0) is 31.2 Å². The molecule has 1 heterocycles. The maximum atomic E-state index is 11.4. The molecule has 0 spiro atoms. The Balaban J connectivity index is 2.36. The van der Waals surface area contributed by atoms with Crippen LogP contribution >= 0.6 is 11.3 Å². The third-order valence-electron chi connectivity index (χ3n) is 2.53. The first-order valence-electron chi connectivity index (χ1n) is 4.64. The number of hydrogen-bond donors (Lipinski definition) is 1. The molecule has 1 N–H and O–H groups in total. The smallest absolute Gasteiger partial charge is 0.252 e. The van der Waals surface area contributed by atoms with Crippen LogP contribution in [0, 0.1) is 0 Å². The number of nitrogens with one attached hydrogen (secondary N) is 1. The summed E-state index contributed by atoms with van der Waals surface area (Å²) in [5, 5.41) is 4.68. The fraction of sp³-hybridized carbons (Fsp3) is 0.500. The number of carbonyl (C=O) groups excluding carboxylic acids is 1. The average molecular weight is 195 g/mol. The lowest BCUT2D eigenvalue weighted by molar-refractivity contribution is 0.0962. The average Bonchev–Trinajstić information content (AvgIpc) is 2.60. The summed E-state index contributed by atoms with van der Waals surface area (Å²) < 4.78 is 0. The highest BCUT2D eigenvalue weighted by atomic mass is 32.1. The maximum absolute atomic E-state index is 11.4. The summed E-state index contributed by atoms with van der Waals surface area (Å²) >= 11 is 1.73. The van der Waals surface area contributed by atoms with E-state index < -0.39 is 0 Å². The molecule has 1 aliphatic carbocycles. The zero-order chi connectivity index (χ0) is 9.26. The molecule has 1 aliphatic rings. The van der Waals surface area contributed by atoms with Crippen LogP contribution in [0.4, 0.5) is 0 Å². The number of fused-ring (bicyclic) bond motifs is 1. The lowest BCUT2D eigenvalue weighted by Gasteiger charge is -2.11. The van der Waals surface area contributed by atoms with Gasteiger partial charge in [0.2, 0.25) is 0 Å². The molecule has 0 saturated heterocycles. The quantitative estimate of drug-likeness (QED) is 0.729. The molecule has 0 atom stereocenters. The van der Waals surface area contributed by atoms with Crippen molar-refractivity contribution < 1.29 is 4.79 Å². The van der Waals surface area contributed by atoms with Gasteiger partial charge in [-0.1, -0.05) is 0 Å². The molecule has 13 heavy (non-hydrogen) atoms. The highest BCUT2D eigenvalue weighted by molar-refractivity contribution is 7.10. The molecular formula is C10H13NOS. The molecule has 3 heteroatoms. The van der Waals surface area contributed by atoms with E-state index in [1.165, 1.54) is 23.3 Å². The van der Waals surface area contributed by atoms with Crippen LogP contribution in [0.15, 0.2) is 5.38 Å². The van der Waals surface area contributed by atoms with Gasteiger partial charge in [0, 0.05) is 17.3 Å². The Hall–Kier alpha value is -0.830. The zero-order valence-corrected chi connectivity index (χ0v) is 8.54. The Morgan fingerprint density at radius 2 is 2.23 bits per heavy atom.